The third-order valence-corrected chi connectivity index (χ3v) is 2.09. The Bertz CT molecular complexity index is 275. The number of nitrogens with zero attached hydrogens (tertiary/aromatic N) is 1. The van der Waals surface area contributed by atoms with E-state index in [9.17, 15) is 0 Å². The van der Waals surface area contributed by atoms with Gasteiger partial charge in [-0.15, -0.1) is 0 Å². The van der Waals surface area contributed by atoms with Crippen LogP contribution >= 0.6 is 0 Å². The van der Waals surface area contributed by atoms with Gasteiger partial charge in [0.1, 0.15) is 0 Å². The predicted molar refractivity (Wildman–Crippen MR) is 45.7 cm³/mol. The predicted octanol–water partition coefficient (Wildman–Crippen LogP) is 0.654. The third kappa shape index (κ3) is 1.33. The second kappa shape index (κ2) is 3.21. The van der Waals surface area contributed by atoms with Gasteiger partial charge < -0.3 is 10.5 Å². The average molecular weight is 164 g/mol. The molecule has 0 saturated heterocycles. The van der Waals surface area contributed by atoms with E-state index in [2.05, 4.69) is 11.1 Å². The highest BCUT2D eigenvalue weighted by atomic mass is 16.5. The largest absolute Gasteiger partial charge is 0.379 e. The number of pyridine rings is 1. The van der Waals surface area contributed by atoms with Crippen LogP contribution in [0.25, 0.3) is 0 Å². The van der Waals surface area contributed by atoms with Crippen LogP contribution in [0.2, 0.25) is 0 Å². The topological polar surface area (TPSA) is 48.1 Å². The summed E-state index contributed by atoms with van der Waals surface area (Å²) in [6.07, 6.45) is 2.71. The van der Waals surface area contributed by atoms with Crippen LogP contribution in [0.15, 0.2) is 18.3 Å². The molecular weight excluding hydrogens is 152 g/mol. The second-order valence-corrected chi connectivity index (χ2v) is 2.98. The number of fused-ring (bicyclic) bond motifs is 1. The molecule has 1 aromatic rings. The van der Waals surface area contributed by atoms with Gasteiger partial charge in [-0.2, -0.15) is 0 Å². The number of nitrogens with two attached hydrogens (primary N) is 1. The van der Waals surface area contributed by atoms with Gasteiger partial charge in [0.25, 0.3) is 0 Å². The molecule has 3 nitrogen and oxygen atoms in total. The van der Waals surface area contributed by atoms with Crippen molar-refractivity contribution in [1.29, 1.82) is 0 Å². The monoisotopic (exact) mass is 164 g/mol. The quantitative estimate of drug-likeness (QED) is 0.612. The van der Waals surface area contributed by atoms with Crippen LogP contribution in [0.4, 0.5) is 0 Å². The van der Waals surface area contributed by atoms with Crippen LogP contribution in [0, 0.1) is 0 Å². The van der Waals surface area contributed by atoms with E-state index < -0.39 is 0 Å². The van der Waals surface area contributed by atoms with Crippen LogP contribution in [0.5, 0.6) is 0 Å². The summed E-state index contributed by atoms with van der Waals surface area (Å²) >= 11 is 0. The van der Waals surface area contributed by atoms with Gasteiger partial charge in [-0.05, 0) is 18.1 Å². The Labute approximate surface area is 71.6 Å². The molecule has 0 aliphatic carbocycles. The number of hydrogen-bond donors (Lipinski definition) is 1. The Morgan fingerprint density at radius 3 is 3.42 bits per heavy atom. The molecule has 64 valence electrons. The number of ether oxygens (including phenoxy) is 1. The van der Waals surface area contributed by atoms with Gasteiger partial charge in [-0.25, -0.2) is 0 Å². The maximum atomic E-state index is 5.86. The maximum absolute atomic E-state index is 5.86. The number of rotatable bonds is 0. The first-order chi connectivity index (χ1) is 5.88. The molecule has 1 unspecified atom stereocenters. The summed E-state index contributed by atoms with van der Waals surface area (Å²) < 4.78 is 5.32. The van der Waals surface area contributed by atoms with Crippen LogP contribution in [-0.2, 0) is 11.2 Å². The van der Waals surface area contributed by atoms with Crippen LogP contribution in [0.1, 0.15) is 17.3 Å². The minimum atomic E-state index is -0.0521. The van der Waals surface area contributed by atoms with Crippen LogP contribution in [-0.4, -0.2) is 18.2 Å². The molecular formula is C9H12N2O. The molecule has 0 aromatic carbocycles. The first kappa shape index (κ1) is 7.71. The van der Waals surface area contributed by atoms with Gasteiger partial charge >= 0.3 is 0 Å². The molecule has 0 amide bonds. The van der Waals surface area contributed by atoms with Gasteiger partial charge in [0.15, 0.2) is 0 Å². The lowest BCUT2D eigenvalue weighted by molar-refractivity contribution is 0.130. The minimum absolute atomic E-state index is 0.0521. The zero-order valence-electron chi connectivity index (χ0n) is 6.86. The molecule has 0 fully saturated rings. The normalized spacial score (nSPS) is 22.9. The van der Waals surface area contributed by atoms with Gasteiger partial charge in [-0.3, -0.25) is 4.98 Å². The lowest BCUT2D eigenvalue weighted by atomic mass is 10.1. The number of hydrogen-bond acceptors (Lipinski definition) is 3. The van der Waals surface area contributed by atoms with E-state index in [0.29, 0.717) is 6.61 Å². The van der Waals surface area contributed by atoms with E-state index in [-0.39, 0.29) is 6.04 Å². The van der Waals surface area contributed by atoms with Crippen molar-refractivity contribution in [2.24, 2.45) is 5.73 Å². The molecule has 12 heavy (non-hydrogen) atoms. The Hall–Kier alpha value is -0.930. The SMILES string of the molecule is NC1COCCc2cccnc21. The van der Waals surface area contributed by atoms with Gasteiger partial charge in [0.05, 0.1) is 24.9 Å². The average Bonchev–Trinajstić information content (AvgIpc) is 2.29. The summed E-state index contributed by atoms with van der Waals surface area (Å²) in [5, 5.41) is 0. The van der Waals surface area contributed by atoms with E-state index in [1.54, 1.807) is 6.20 Å². The van der Waals surface area contributed by atoms with E-state index in [1.807, 2.05) is 6.07 Å². The van der Waals surface area contributed by atoms with Crippen LogP contribution < -0.4 is 5.73 Å². The molecule has 3 heteroatoms. The van der Waals surface area contributed by atoms with Crippen molar-refractivity contribution in [3.63, 3.8) is 0 Å². The smallest absolute Gasteiger partial charge is 0.0710 e. The number of aromatic nitrogens is 1. The summed E-state index contributed by atoms with van der Waals surface area (Å²) in [4.78, 5) is 4.26. The van der Waals surface area contributed by atoms with Crippen molar-refractivity contribution in [2.45, 2.75) is 12.5 Å². The van der Waals surface area contributed by atoms with E-state index in [4.69, 9.17) is 10.5 Å². The van der Waals surface area contributed by atoms with Gasteiger partial charge in [0, 0.05) is 6.20 Å². The molecule has 2 N–H and O–H groups in total. The molecule has 0 radical (unpaired) electrons. The molecule has 0 bridgehead atoms. The minimum Gasteiger partial charge on any atom is -0.379 e. The highest BCUT2D eigenvalue weighted by Crippen LogP contribution is 2.17. The Kier molecular flexibility index (Phi) is 2.06. The molecule has 1 atom stereocenters. The molecule has 2 rings (SSSR count). The van der Waals surface area contributed by atoms with Crippen molar-refractivity contribution in [2.75, 3.05) is 13.2 Å². The summed E-state index contributed by atoms with van der Waals surface area (Å²) in [5.74, 6) is 0. The molecule has 0 saturated carbocycles. The Morgan fingerprint density at radius 2 is 2.50 bits per heavy atom. The molecule has 2 heterocycles. The second-order valence-electron chi connectivity index (χ2n) is 2.98. The van der Waals surface area contributed by atoms with Crippen LogP contribution in [0.3, 0.4) is 0 Å². The summed E-state index contributed by atoms with van der Waals surface area (Å²) in [6, 6.07) is 3.96. The zero-order valence-corrected chi connectivity index (χ0v) is 6.86. The van der Waals surface area contributed by atoms with E-state index >= 15 is 0 Å². The molecule has 1 aliphatic rings. The van der Waals surface area contributed by atoms with Crippen molar-refractivity contribution in [3.05, 3.63) is 29.6 Å². The Morgan fingerprint density at radius 1 is 1.58 bits per heavy atom. The van der Waals surface area contributed by atoms with Crippen molar-refractivity contribution in [1.82, 2.24) is 4.98 Å². The lowest BCUT2D eigenvalue weighted by Gasteiger charge is -2.08. The first-order valence-electron chi connectivity index (χ1n) is 4.15. The fourth-order valence-corrected chi connectivity index (χ4v) is 1.47. The molecule has 0 spiro atoms. The van der Waals surface area contributed by atoms with E-state index in [1.165, 1.54) is 5.56 Å². The van der Waals surface area contributed by atoms with Gasteiger partial charge in [0.2, 0.25) is 0 Å². The summed E-state index contributed by atoms with van der Waals surface area (Å²) in [7, 11) is 0. The zero-order chi connectivity index (χ0) is 8.39. The van der Waals surface area contributed by atoms with Crippen molar-refractivity contribution in [3.8, 4) is 0 Å². The van der Waals surface area contributed by atoms with Crippen molar-refractivity contribution >= 4 is 0 Å². The summed E-state index contributed by atoms with van der Waals surface area (Å²) in [5.41, 5.74) is 8.08. The Balaban J connectivity index is 2.39. The lowest BCUT2D eigenvalue weighted by Crippen LogP contribution is -2.17. The standard InChI is InChI=1S/C9H12N2O/c10-8-6-12-5-3-7-2-1-4-11-9(7)8/h1-2,4,8H,3,5-6,10H2. The fourth-order valence-electron chi connectivity index (χ4n) is 1.47. The maximum Gasteiger partial charge on any atom is 0.0710 e. The van der Waals surface area contributed by atoms with E-state index in [0.717, 1.165) is 18.7 Å². The summed E-state index contributed by atoms with van der Waals surface area (Å²) in [6.45, 7) is 1.34. The van der Waals surface area contributed by atoms with Crippen molar-refractivity contribution < 1.29 is 4.74 Å². The highest BCUT2D eigenvalue weighted by Gasteiger charge is 2.15. The highest BCUT2D eigenvalue weighted by molar-refractivity contribution is 5.23. The molecule has 1 aliphatic heterocycles. The fraction of sp³-hybridized carbons (Fsp3) is 0.444. The first-order valence-corrected chi connectivity index (χ1v) is 4.15. The van der Waals surface area contributed by atoms with Gasteiger partial charge in [-0.1, -0.05) is 6.07 Å². The molecule has 1 aromatic heterocycles. The third-order valence-electron chi connectivity index (χ3n) is 2.09.